The average molecular weight is 441 g/mol. The molecule has 7 heteroatoms. The molecule has 158 valence electrons. The van der Waals surface area contributed by atoms with Gasteiger partial charge in [-0.15, -0.1) is 21.5 Å². The van der Waals surface area contributed by atoms with Gasteiger partial charge in [0, 0.05) is 29.7 Å². The lowest BCUT2D eigenvalue weighted by Gasteiger charge is -2.05. The predicted molar refractivity (Wildman–Crippen MR) is 126 cm³/mol. The number of carbonyl (C=O) groups is 1. The molecule has 0 saturated carbocycles. The molecule has 5 rings (SSSR count). The molecule has 0 aliphatic rings. The van der Waals surface area contributed by atoms with E-state index in [4.69, 9.17) is 4.42 Å². The zero-order valence-corrected chi connectivity index (χ0v) is 18.2. The minimum absolute atomic E-state index is 0.104. The number of para-hydroxylation sites is 1. The van der Waals surface area contributed by atoms with Crippen molar-refractivity contribution in [1.82, 2.24) is 15.2 Å². The number of benzene rings is 3. The molecule has 1 amide bonds. The maximum absolute atomic E-state index is 12.4. The Kier molecular flexibility index (Phi) is 5.47. The Bertz CT molecular complexity index is 1340. The largest absolute Gasteiger partial charge is 0.421 e. The van der Waals surface area contributed by atoms with Crippen LogP contribution < -0.4 is 5.32 Å². The highest BCUT2D eigenvalue weighted by Gasteiger charge is 2.11. The molecule has 0 unspecified atom stereocenters. The zero-order valence-electron chi connectivity index (χ0n) is 17.4. The molecule has 2 heterocycles. The van der Waals surface area contributed by atoms with Crippen molar-refractivity contribution in [1.29, 1.82) is 0 Å². The number of hydrogen-bond donors (Lipinski definition) is 1. The minimum Gasteiger partial charge on any atom is -0.421 e. The van der Waals surface area contributed by atoms with E-state index < -0.39 is 0 Å². The molecule has 0 atom stereocenters. The lowest BCUT2D eigenvalue weighted by atomic mass is 10.1. The monoisotopic (exact) mass is 440 g/mol. The van der Waals surface area contributed by atoms with Crippen molar-refractivity contribution >= 4 is 33.1 Å². The number of hydrogen-bond acceptors (Lipinski definition) is 6. The van der Waals surface area contributed by atoms with Gasteiger partial charge in [-0.05, 0) is 55.5 Å². The van der Waals surface area contributed by atoms with Gasteiger partial charge in [0.2, 0.25) is 17.7 Å². The first-order valence-corrected chi connectivity index (χ1v) is 11.1. The number of aryl methyl sites for hydroxylation is 2. The van der Waals surface area contributed by atoms with Crippen molar-refractivity contribution in [2.75, 3.05) is 5.32 Å². The quantitative estimate of drug-likeness (QED) is 0.356. The molecule has 0 radical (unpaired) electrons. The highest BCUT2D eigenvalue weighted by molar-refractivity contribution is 7.21. The Labute approximate surface area is 189 Å². The summed E-state index contributed by atoms with van der Waals surface area (Å²) >= 11 is 1.66. The third-order valence-corrected chi connectivity index (χ3v) is 6.13. The number of aromatic nitrogens is 3. The van der Waals surface area contributed by atoms with E-state index in [1.165, 1.54) is 5.56 Å². The van der Waals surface area contributed by atoms with Crippen LogP contribution >= 0.6 is 11.3 Å². The standard InChI is InChI=1S/C25H20N4O2S/c1-16-6-8-17(9-7-16)24-29-28-23(31-24)15-14-22(30)26-19-12-10-18(11-13-19)25-27-20-4-2-3-5-21(20)32-25/h2-13H,14-15H2,1H3,(H,26,30). The van der Waals surface area contributed by atoms with Gasteiger partial charge in [0.25, 0.3) is 0 Å². The Hall–Kier alpha value is -3.84. The molecule has 0 bridgehead atoms. The molecule has 0 fully saturated rings. The molecule has 0 aliphatic heterocycles. The summed E-state index contributed by atoms with van der Waals surface area (Å²) in [6, 6.07) is 23.7. The molecule has 0 spiro atoms. The predicted octanol–water partition coefficient (Wildman–Crippen LogP) is 5.89. The lowest BCUT2D eigenvalue weighted by molar-refractivity contribution is -0.116. The number of amides is 1. The van der Waals surface area contributed by atoms with Gasteiger partial charge >= 0.3 is 0 Å². The minimum atomic E-state index is -0.104. The number of nitrogens with zero attached hydrogens (tertiary/aromatic N) is 3. The van der Waals surface area contributed by atoms with E-state index >= 15 is 0 Å². The summed E-state index contributed by atoms with van der Waals surface area (Å²) in [6.07, 6.45) is 0.642. The van der Waals surface area contributed by atoms with Gasteiger partial charge in [-0.2, -0.15) is 0 Å². The van der Waals surface area contributed by atoms with Crippen molar-refractivity contribution in [2.24, 2.45) is 0 Å². The number of rotatable bonds is 6. The number of carbonyl (C=O) groups excluding carboxylic acids is 1. The summed E-state index contributed by atoms with van der Waals surface area (Å²) in [5.41, 5.74) is 4.80. The first kappa shape index (κ1) is 20.1. The molecule has 3 aromatic carbocycles. The molecular weight excluding hydrogens is 420 g/mol. The van der Waals surface area contributed by atoms with E-state index in [0.29, 0.717) is 18.2 Å². The van der Waals surface area contributed by atoms with Gasteiger partial charge in [-0.25, -0.2) is 4.98 Å². The van der Waals surface area contributed by atoms with E-state index in [-0.39, 0.29) is 12.3 Å². The van der Waals surface area contributed by atoms with E-state index in [2.05, 4.69) is 26.6 Å². The third-order valence-electron chi connectivity index (χ3n) is 5.04. The van der Waals surface area contributed by atoms with Gasteiger partial charge in [-0.3, -0.25) is 4.79 Å². The number of nitrogens with one attached hydrogen (secondary N) is 1. The maximum atomic E-state index is 12.4. The van der Waals surface area contributed by atoms with Crippen LogP contribution in [0.3, 0.4) is 0 Å². The fraction of sp³-hybridized carbons (Fsp3) is 0.120. The van der Waals surface area contributed by atoms with Crippen LogP contribution in [0.1, 0.15) is 17.9 Å². The summed E-state index contributed by atoms with van der Waals surface area (Å²) in [4.78, 5) is 17.0. The van der Waals surface area contributed by atoms with E-state index in [9.17, 15) is 4.79 Å². The first-order valence-electron chi connectivity index (χ1n) is 10.3. The Morgan fingerprint density at radius 3 is 2.47 bits per heavy atom. The van der Waals surface area contributed by atoms with E-state index in [1.54, 1.807) is 11.3 Å². The van der Waals surface area contributed by atoms with E-state index in [0.717, 1.165) is 32.0 Å². The van der Waals surface area contributed by atoms with Crippen LogP contribution in [0.2, 0.25) is 0 Å². The second-order valence-corrected chi connectivity index (χ2v) is 8.51. The molecule has 0 saturated heterocycles. The molecule has 0 aliphatic carbocycles. The fourth-order valence-electron chi connectivity index (χ4n) is 3.30. The van der Waals surface area contributed by atoms with Crippen molar-refractivity contribution in [2.45, 2.75) is 19.8 Å². The summed E-state index contributed by atoms with van der Waals surface area (Å²) in [5.74, 6) is 0.806. The normalized spacial score (nSPS) is 11.0. The van der Waals surface area contributed by atoms with Crippen molar-refractivity contribution in [3.8, 4) is 22.0 Å². The van der Waals surface area contributed by atoms with Crippen molar-refractivity contribution in [3.05, 3.63) is 84.3 Å². The second kappa shape index (κ2) is 8.72. The van der Waals surface area contributed by atoms with Crippen LogP contribution in [-0.2, 0) is 11.2 Å². The SMILES string of the molecule is Cc1ccc(-c2nnc(CCC(=O)Nc3ccc(-c4nc5ccccc5s4)cc3)o2)cc1. The van der Waals surface area contributed by atoms with Crippen LogP contribution in [-0.4, -0.2) is 21.1 Å². The summed E-state index contributed by atoms with van der Waals surface area (Å²) < 4.78 is 6.85. The van der Waals surface area contributed by atoms with Gasteiger partial charge < -0.3 is 9.73 Å². The Balaban J connectivity index is 1.18. The highest BCUT2D eigenvalue weighted by Crippen LogP contribution is 2.30. The highest BCUT2D eigenvalue weighted by atomic mass is 32.1. The van der Waals surface area contributed by atoms with Gasteiger partial charge in [-0.1, -0.05) is 29.8 Å². The molecule has 2 aromatic heterocycles. The van der Waals surface area contributed by atoms with Crippen LogP contribution in [0.4, 0.5) is 5.69 Å². The third kappa shape index (κ3) is 4.43. The molecule has 6 nitrogen and oxygen atoms in total. The van der Waals surface area contributed by atoms with Crippen molar-refractivity contribution < 1.29 is 9.21 Å². The Morgan fingerprint density at radius 1 is 0.938 bits per heavy atom. The van der Waals surface area contributed by atoms with Crippen LogP contribution in [0.25, 0.3) is 32.2 Å². The van der Waals surface area contributed by atoms with Crippen LogP contribution in [0.15, 0.2) is 77.2 Å². The molecular formula is C25H20N4O2S. The molecule has 1 N–H and O–H groups in total. The van der Waals surface area contributed by atoms with Crippen molar-refractivity contribution in [3.63, 3.8) is 0 Å². The average Bonchev–Trinajstić information content (AvgIpc) is 3.46. The summed E-state index contributed by atoms with van der Waals surface area (Å²) in [7, 11) is 0. The first-order chi connectivity index (χ1) is 15.6. The van der Waals surface area contributed by atoms with Crippen LogP contribution in [0, 0.1) is 6.92 Å². The van der Waals surface area contributed by atoms with Gasteiger partial charge in [0.15, 0.2) is 0 Å². The maximum Gasteiger partial charge on any atom is 0.247 e. The summed E-state index contributed by atoms with van der Waals surface area (Å²) in [6.45, 7) is 2.02. The zero-order chi connectivity index (χ0) is 21.9. The smallest absolute Gasteiger partial charge is 0.247 e. The van der Waals surface area contributed by atoms with Crippen LogP contribution in [0.5, 0.6) is 0 Å². The number of anilines is 1. The van der Waals surface area contributed by atoms with Gasteiger partial charge in [0.1, 0.15) is 5.01 Å². The lowest BCUT2D eigenvalue weighted by Crippen LogP contribution is -2.12. The number of fused-ring (bicyclic) bond motifs is 1. The fourth-order valence-corrected chi connectivity index (χ4v) is 4.27. The van der Waals surface area contributed by atoms with Gasteiger partial charge in [0.05, 0.1) is 10.2 Å². The molecule has 32 heavy (non-hydrogen) atoms. The molecule has 5 aromatic rings. The summed E-state index contributed by atoms with van der Waals surface area (Å²) in [5, 5.41) is 12.0. The van der Waals surface area contributed by atoms with E-state index in [1.807, 2.05) is 73.7 Å². The number of thiazole rings is 1. The topological polar surface area (TPSA) is 80.9 Å². The second-order valence-electron chi connectivity index (χ2n) is 7.48. The Morgan fingerprint density at radius 2 is 1.69 bits per heavy atom.